The van der Waals surface area contributed by atoms with Crippen LogP contribution in [-0.2, 0) is 4.74 Å². The molecule has 0 saturated carbocycles. The van der Waals surface area contributed by atoms with Crippen LogP contribution in [0.25, 0.3) is 16.7 Å². The van der Waals surface area contributed by atoms with Gasteiger partial charge in [0, 0.05) is 31.8 Å². The number of imidazole rings is 1. The third-order valence-electron chi connectivity index (χ3n) is 5.39. The fraction of sp³-hybridized carbons (Fsp3) is 0.273. The number of fused-ring (bicyclic) bond motifs is 1. The minimum Gasteiger partial charge on any atom is -0.507 e. The average molecular weight is 409 g/mol. The molecular weight excluding hydrogens is 386 g/mol. The summed E-state index contributed by atoms with van der Waals surface area (Å²) in [5.74, 6) is -0.844. The van der Waals surface area contributed by atoms with Crippen LogP contribution in [0.5, 0.6) is 5.75 Å². The zero-order valence-electron chi connectivity index (χ0n) is 16.5. The molecule has 1 atom stereocenters. The predicted octanol–water partition coefficient (Wildman–Crippen LogP) is 2.10. The molecule has 2 aromatic carbocycles. The number of carbonyl (C=O) groups is 1. The zero-order valence-corrected chi connectivity index (χ0v) is 16.5. The first-order valence-electron chi connectivity index (χ1n) is 9.68. The van der Waals surface area contributed by atoms with Crippen molar-refractivity contribution in [3.05, 3.63) is 70.2 Å². The van der Waals surface area contributed by atoms with Crippen molar-refractivity contribution in [2.75, 3.05) is 26.7 Å². The lowest BCUT2D eigenvalue weighted by molar-refractivity contribution is 0.0596. The minimum atomic E-state index is -0.834. The smallest absolute Gasteiger partial charge is 0.341 e. The van der Waals surface area contributed by atoms with Gasteiger partial charge in [-0.05, 0) is 29.8 Å². The van der Waals surface area contributed by atoms with Crippen LogP contribution in [0, 0.1) is 0 Å². The number of hydrogen-bond acceptors (Lipinski definition) is 6. The number of methoxy groups -OCH3 is 1. The highest BCUT2D eigenvalue weighted by atomic mass is 16.5. The van der Waals surface area contributed by atoms with E-state index in [0.29, 0.717) is 31.6 Å². The first kappa shape index (κ1) is 19.9. The number of aromatic amines is 1. The van der Waals surface area contributed by atoms with Gasteiger partial charge in [-0.25, -0.2) is 9.59 Å². The minimum absolute atomic E-state index is 0.0218. The number of ether oxygens (including phenoxy) is 1. The van der Waals surface area contributed by atoms with Gasteiger partial charge in [0.2, 0.25) is 0 Å². The second kappa shape index (κ2) is 8.17. The van der Waals surface area contributed by atoms with Crippen LogP contribution >= 0.6 is 0 Å². The molecule has 1 aromatic heterocycles. The maximum absolute atomic E-state index is 12.4. The number of aliphatic hydroxyl groups excluding tert-OH is 1. The quantitative estimate of drug-likeness (QED) is 0.557. The van der Waals surface area contributed by atoms with Crippen LogP contribution < -0.4 is 5.69 Å². The number of carbonyl (C=O) groups excluding carboxylic acids is 1. The Morgan fingerprint density at radius 3 is 2.80 bits per heavy atom. The van der Waals surface area contributed by atoms with E-state index in [2.05, 4.69) is 14.6 Å². The van der Waals surface area contributed by atoms with E-state index in [0.717, 1.165) is 16.7 Å². The number of rotatable bonds is 5. The first-order chi connectivity index (χ1) is 14.5. The molecule has 1 aliphatic heterocycles. The summed E-state index contributed by atoms with van der Waals surface area (Å²) in [4.78, 5) is 29.1. The Hall–Kier alpha value is -3.36. The molecular formula is C22H23N3O5. The maximum Gasteiger partial charge on any atom is 0.341 e. The number of nitrogens with zero attached hydrogens (tertiary/aromatic N) is 2. The lowest BCUT2D eigenvalue weighted by atomic mass is 10.0. The molecule has 0 aliphatic carbocycles. The van der Waals surface area contributed by atoms with E-state index in [1.807, 2.05) is 30.3 Å². The lowest BCUT2D eigenvalue weighted by Crippen LogP contribution is -2.34. The number of aliphatic hydroxyl groups is 1. The van der Waals surface area contributed by atoms with Crippen LogP contribution in [0.3, 0.4) is 0 Å². The van der Waals surface area contributed by atoms with Gasteiger partial charge < -0.3 is 19.9 Å². The van der Waals surface area contributed by atoms with Crippen molar-refractivity contribution in [3.8, 4) is 5.75 Å². The van der Waals surface area contributed by atoms with Gasteiger partial charge in [0.25, 0.3) is 0 Å². The summed E-state index contributed by atoms with van der Waals surface area (Å²) in [7, 11) is 1.24. The van der Waals surface area contributed by atoms with Crippen LogP contribution in [0.1, 0.15) is 28.4 Å². The van der Waals surface area contributed by atoms with Gasteiger partial charge in [0.05, 0.1) is 24.2 Å². The predicted molar refractivity (Wildman–Crippen MR) is 112 cm³/mol. The second-order valence-corrected chi connectivity index (χ2v) is 7.27. The SMILES string of the molecule is COC(=O)c1cc(C(O)CN2CC=C(n3c(=O)[nH]c4ccccc43)CC2)ccc1O. The Kier molecular flexibility index (Phi) is 5.43. The van der Waals surface area contributed by atoms with Crippen LogP contribution in [0.4, 0.5) is 0 Å². The molecule has 0 amide bonds. The molecule has 2 heterocycles. The second-order valence-electron chi connectivity index (χ2n) is 7.27. The number of H-pyrrole nitrogens is 1. The molecule has 1 unspecified atom stereocenters. The van der Waals surface area contributed by atoms with E-state index < -0.39 is 12.1 Å². The Bertz CT molecular complexity index is 1180. The molecule has 0 radical (unpaired) electrons. The van der Waals surface area contributed by atoms with E-state index >= 15 is 0 Å². The number of para-hydroxylation sites is 2. The van der Waals surface area contributed by atoms with Gasteiger partial charge in [-0.15, -0.1) is 0 Å². The van der Waals surface area contributed by atoms with Crippen molar-refractivity contribution in [1.29, 1.82) is 0 Å². The molecule has 3 N–H and O–H groups in total. The largest absolute Gasteiger partial charge is 0.507 e. The van der Waals surface area contributed by atoms with Gasteiger partial charge in [-0.1, -0.05) is 24.3 Å². The molecule has 4 rings (SSSR count). The number of nitrogens with one attached hydrogen (secondary N) is 1. The summed E-state index contributed by atoms with van der Waals surface area (Å²) >= 11 is 0. The number of phenolic OH excluding ortho intramolecular Hbond substituents is 1. The summed E-state index contributed by atoms with van der Waals surface area (Å²) in [5, 5.41) is 20.4. The van der Waals surface area contributed by atoms with Gasteiger partial charge >= 0.3 is 11.7 Å². The third-order valence-corrected chi connectivity index (χ3v) is 5.39. The summed E-state index contributed by atoms with van der Waals surface area (Å²) < 4.78 is 6.36. The number of phenols is 1. The molecule has 30 heavy (non-hydrogen) atoms. The number of aromatic hydroxyl groups is 1. The standard InChI is InChI=1S/C22H23N3O5/c1-30-21(28)16-12-14(6-7-19(16)26)20(27)13-24-10-8-15(9-11-24)25-18-5-3-2-4-17(18)23-22(25)29/h2-8,12,20,26-27H,9-11,13H2,1H3,(H,23,29). The number of hydrogen-bond donors (Lipinski definition) is 3. The lowest BCUT2D eigenvalue weighted by Gasteiger charge is -2.28. The Balaban J connectivity index is 1.48. The van der Waals surface area contributed by atoms with Crippen molar-refractivity contribution < 1.29 is 19.7 Å². The van der Waals surface area contributed by atoms with Crippen LogP contribution in [0.2, 0.25) is 0 Å². The normalized spacial score (nSPS) is 15.7. The Morgan fingerprint density at radius 1 is 1.27 bits per heavy atom. The van der Waals surface area contributed by atoms with Gasteiger partial charge in [-0.3, -0.25) is 9.47 Å². The number of benzene rings is 2. The van der Waals surface area contributed by atoms with Gasteiger partial charge in [0.15, 0.2) is 0 Å². The summed E-state index contributed by atoms with van der Waals surface area (Å²) in [6.07, 6.45) is 1.83. The summed E-state index contributed by atoms with van der Waals surface area (Å²) in [6.45, 7) is 1.62. The van der Waals surface area contributed by atoms with Crippen molar-refractivity contribution in [2.24, 2.45) is 0 Å². The van der Waals surface area contributed by atoms with E-state index in [4.69, 9.17) is 0 Å². The molecule has 0 spiro atoms. The first-order valence-corrected chi connectivity index (χ1v) is 9.68. The molecule has 8 heteroatoms. The van der Waals surface area contributed by atoms with Crippen LogP contribution in [0.15, 0.2) is 53.3 Å². The van der Waals surface area contributed by atoms with Crippen molar-refractivity contribution in [2.45, 2.75) is 12.5 Å². The van der Waals surface area contributed by atoms with Crippen LogP contribution in [-0.4, -0.2) is 57.4 Å². The maximum atomic E-state index is 12.4. The average Bonchev–Trinajstić information content (AvgIpc) is 3.09. The van der Waals surface area contributed by atoms with E-state index in [1.54, 1.807) is 10.6 Å². The fourth-order valence-corrected chi connectivity index (χ4v) is 3.79. The highest BCUT2D eigenvalue weighted by molar-refractivity contribution is 5.92. The summed E-state index contributed by atoms with van der Waals surface area (Å²) in [6, 6.07) is 12.0. The molecule has 156 valence electrons. The van der Waals surface area contributed by atoms with E-state index in [9.17, 15) is 19.8 Å². The highest BCUT2D eigenvalue weighted by Gasteiger charge is 2.21. The molecule has 0 bridgehead atoms. The number of aromatic nitrogens is 2. The number of β-amino-alcohol motifs (C(OH)–C–C–N with tert-alkyl or cyclic N) is 1. The van der Waals surface area contributed by atoms with E-state index in [-0.39, 0.29) is 17.0 Å². The monoisotopic (exact) mass is 409 g/mol. The summed E-state index contributed by atoms with van der Waals surface area (Å²) in [5.41, 5.74) is 2.97. The highest BCUT2D eigenvalue weighted by Crippen LogP contribution is 2.25. The molecule has 0 fully saturated rings. The molecule has 8 nitrogen and oxygen atoms in total. The molecule has 0 saturated heterocycles. The Morgan fingerprint density at radius 2 is 2.07 bits per heavy atom. The van der Waals surface area contributed by atoms with Gasteiger partial charge in [-0.2, -0.15) is 0 Å². The van der Waals surface area contributed by atoms with E-state index in [1.165, 1.54) is 19.2 Å². The molecule has 1 aliphatic rings. The third kappa shape index (κ3) is 3.74. The topological polar surface area (TPSA) is 108 Å². The zero-order chi connectivity index (χ0) is 21.3. The van der Waals surface area contributed by atoms with Crippen molar-refractivity contribution in [3.63, 3.8) is 0 Å². The number of esters is 1. The van der Waals surface area contributed by atoms with Gasteiger partial charge in [0.1, 0.15) is 11.3 Å². The fourth-order valence-electron chi connectivity index (χ4n) is 3.79. The van der Waals surface area contributed by atoms with Crippen molar-refractivity contribution >= 4 is 22.7 Å². The molecule has 3 aromatic rings. The van der Waals surface area contributed by atoms with Crippen molar-refractivity contribution in [1.82, 2.24) is 14.5 Å². The Labute approximate surface area is 172 Å².